The number of ether oxygens (including phenoxy) is 1. The van der Waals surface area contributed by atoms with Gasteiger partial charge in [-0.1, -0.05) is 23.7 Å². The van der Waals surface area contributed by atoms with Gasteiger partial charge in [-0.05, 0) is 31.0 Å². The molecule has 25 heavy (non-hydrogen) atoms. The lowest BCUT2D eigenvalue weighted by atomic mass is 9.96. The number of carbonyl (C=O) groups excluding carboxylic acids is 3. The van der Waals surface area contributed by atoms with Crippen LogP contribution in [0.5, 0.6) is 0 Å². The number of rotatable bonds is 7. The van der Waals surface area contributed by atoms with E-state index >= 15 is 0 Å². The molecule has 1 N–H and O–H groups in total. The Bertz CT molecular complexity index is 618. The second-order valence-electron chi connectivity index (χ2n) is 5.98. The number of hydrogen-bond acceptors (Lipinski definition) is 4. The minimum Gasteiger partial charge on any atom is -0.466 e. The molecule has 1 aliphatic heterocycles. The van der Waals surface area contributed by atoms with E-state index in [0.29, 0.717) is 37.6 Å². The third-order valence-electron chi connectivity index (χ3n) is 4.09. The quantitative estimate of drug-likeness (QED) is 0.750. The van der Waals surface area contributed by atoms with E-state index in [0.717, 1.165) is 5.56 Å². The predicted molar refractivity (Wildman–Crippen MR) is 93.9 cm³/mol. The van der Waals surface area contributed by atoms with Gasteiger partial charge in [0.05, 0.1) is 18.9 Å². The highest BCUT2D eigenvalue weighted by molar-refractivity contribution is 6.30. The first kappa shape index (κ1) is 19.2. The number of nitrogens with one attached hydrogen (secondary N) is 1. The Morgan fingerprint density at radius 1 is 1.32 bits per heavy atom. The SMILES string of the molecule is CCOC(=O)CCNC(=O)[C@H]1CCC(=O)N(Cc2ccc(Cl)cc2)C1. The summed E-state index contributed by atoms with van der Waals surface area (Å²) in [5.74, 6) is -0.665. The average molecular weight is 367 g/mol. The molecule has 136 valence electrons. The van der Waals surface area contributed by atoms with Crippen molar-refractivity contribution in [3.63, 3.8) is 0 Å². The molecule has 2 rings (SSSR count). The molecule has 2 amide bonds. The summed E-state index contributed by atoms with van der Waals surface area (Å²) in [5.41, 5.74) is 0.973. The predicted octanol–water partition coefficient (Wildman–Crippen LogP) is 2.15. The van der Waals surface area contributed by atoms with Crippen LogP contribution in [0, 0.1) is 5.92 Å². The van der Waals surface area contributed by atoms with Crippen LogP contribution in [0.4, 0.5) is 0 Å². The molecule has 0 spiro atoms. The van der Waals surface area contributed by atoms with Gasteiger partial charge in [0.25, 0.3) is 0 Å². The minimum absolute atomic E-state index is 0.0468. The molecule has 1 saturated heterocycles. The highest BCUT2D eigenvalue weighted by atomic mass is 35.5. The molecule has 0 radical (unpaired) electrons. The van der Waals surface area contributed by atoms with Crippen LogP contribution in [0.25, 0.3) is 0 Å². The van der Waals surface area contributed by atoms with Crippen molar-refractivity contribution in [1.29, 1.82) is 0 Å². The Balaban J connectivity index is 1.84. The highest BCUT2D eigenvalue weighted by Gasteiger charge is 2.30. The zero-order chi connectivity index (χ0) is 18.2. The van der Waals surface area contributed by atoms with E-state index in [1.165, 1.54) is 0 Å². The summed E-state index contributed by atoms with van der Waals surface area (Å²) in [6.07, 6.45) is 1.03. The summed E-state index contributed by atoms with van der Waals surface area (Å²) >= 11 is 5.87. The van der Waals surface area contributed by atoms with E-state index in [2.05, 4.69) is 5.32 Å². The number of esters is 1. The number of nitrogens with zero attached hydrogens (tertiary/aromatic N) is 1. The fraction of sp³-hybridized carbons (Fsp3) is 0.500. The maximum Gasteiger partial charge on any atom is 0.307 e. The molecule has 1 atom stereocenters. The van der Waals surface area contributed by atoms with Crippen molar-refractivity contribution in [2.75, 3.05) is 19.7 Å². The van der Waals surface area contributed by atoms with E-state index in [1.807, 2.05) is 12.1 Å². The molecule has 6 nitrogen and oxygen atoms in total. The van der Waals surface area contributed by atoms with Gasteiger partial charge < -0.3 is 15.0 Å². The van der Waals surface area contributed by atoms with Crippen LogP contribution < -0.4 is 5.32 Å². The van der Waals surface area contributed by atoms with Gasteiger partial charge >= 0.3 is 5.97 Å². The Hall–Kier alpha value is -2.08. The molecule has 0 saturated carbocycles. The first-order valence-electron chi connectivity index (χ1n) is 8.45. The summed E-state index contributed by atoms with van der Waals surface area (Å²) < 4.78 is 4.82. The van der Waals surface area contributed by atoms with E-state index in [-0.39, 0.29) is 36.7 Å². The van der Waals surface area contributed by atoms with Crippen LogP contribution in [-0.2, 0) is 25.7 Å². The molecule has 1 aliphatic rings. The highest BCUT2D eigenvalue weighted by Crippen LogP contribution is 2.20. The van der Waals surface area contributed by atoms with Gasteiger partial charge in [0.15, 0.2) is 0 Å². The standard InChI is InChI=1S/C18H23ClN2O4/c1-2-25-17(23)9-10-20-18(24)14-5-8-16(22)21(12-14)11-13-3-6-15(19)7-4-13/h3-4,6-7,14H,2,5,8-12H2,1H3,(H,20,24)/t14-/m0/s1. The molecule has 0 bridgehead atoms. The topological polar surface area (TPSA) is 75.7 Å². The zero-order valence-corrected chi connectivity index (χ0v) is 15.1. The fourth-order valence-electron chi connectivity index (χ4n) is 2.76. The molecule has 0 aliphatic carbocycles. The van der Waals surface area contributed by atoms with Gasteiger partial charge in [0.1, 0.15) is 0 Å². The molecular weight excluding hydrogens is 344 g/mol. The first-order valence-corrected chi connectivity index (χ1v) is 8.83. The van der Waals surface area contributed by atoms with Gasteiger partial charge in [0.2, 0.25) is 11.8 Å². The molecular formula is C18H23ClN2O4. The van der Waals surface area contributed by atoms with Crippen molar-refractivity contribution in [3.05, 3.63) is 34.9 Å². The van der Waals surface area contributed by atoms with Crippen molar-refractivity contribution >= 4 is 29.4 Å². The number of halogens is 1. The van der Waals surface area contributed by atoms with Crippen LogP contribution in [0.1, 0.15) is 31.7 Å². The summed E-state index contributed by atoms with van der Waals surface area (Å²) in [4.78, 5) is 37.4. The van der Waals surface area contributed by atoms with Crippen molar-refractivity contribution < 1.29 is 19.1 Å². The number of benzene rings is 1. The number of hydrogen-bond donors (Lipinski definition) is 1. The second kappa shape index (κ2) is 9.42. The van der Waals surface area contributed by atoms with Crippen molar-refractivity contribution in [1.82, 2.24) is 10.2 Å². The van der Waals surface area contributed by atoms with E-state index < -0.39 is 0 Å². The Labute approximate surface area is 152 Å². The zero-order valence-electron chi connectivity index (χ0n) is 14.3. The molecule has 7 heteroatoms. The lowest BCUT2D eigenvalue weighted by Gasteiger charge is -2.32. The Morgan fingerprint density at radius 2 is 2.04 bits per heavy atom. The van der Waals surface area contributed by atoms with Crippen molar-refractivity contribution in [2.45, 2.75) is 32.7 Å². The Kier molecular flexibility index (Phi) is 7.25. The third kappa shape index (κ3) is 6.05. The van der Waals surface area contributed by atoms with Crippen LogP contribution in [0.15, 0.2) is 24.3 Å². The number of carbonyl (C=O) groups is 3. The lowest BCUT2D eigenvalue weighted by molar-refractivity contribution is -0.143. The first-order chi connectivity index (χ1) is 12.0. The molecule has 0 aromatic heterocycles. The number of piperidine rings is 1. The number of likely N-dealkylation sites (tertiary alicyclic amines) is 1. The summed E-state index contributed by atoms with van der Waals surface area (Å²) in [7, 11) is 0. The molecule has 1 aromatic carbocycles. The summed E-state index contributed by atoms with van der Waals surface area (Å²) in [5, 5.41) is 3.40. The van der Waals surface area contributed by atoms with Gasteiger partial charge in [-0.15, -0.1) is 0 Å². The fourth-order valence-corrected chi connectivity index (χ4v) is 2.88. The van der Waals surface area contributed by atoms with Crippen molar-refractivity contribution in [3.8, 4) is 0 Å². The van der Waals surface area contributed by atoms with Crippen molar-refractivity contribution in [2.24, 2.45) is 5.92 Å². The monoisotopic (exact) mass is 366 g/mol. The maximum atomic E-state index is 12.3. The van der Waals surface area contributed by atoms with Crippen LogP contribution in [0.2, 0.25) is 5.02 Å². The molecule has 1 fully saturated rings. The largest absolute Gasteiger partial charge is 0.466 e. The normalized spacial score (nSPS) is 17.3. The van der Waals surface area contributed by atoms with Gasteiger partial charge in [-0.25, -0.2) is 0 Å². The van der Waals surface area contributed by atoms with Gasteiger partial charge in [0, 0.05) is 31.1 Å². The number of amides is 2. The van der Waals surface area contributed by atoms with Gasteiger partial charge in [-0.2, -0.15) is 0 Å². The van der Waals surface area contributed by atoms with E-state index in [9.17, 15) is 14.4 Å². The van der Waals surface area contributed by atoms with E-state index in [4.69, 9.17) is 16.3 Å². The maximum absolute atomic E-state index is 12.3. The Morgan fingerprint density at radius 3 is 2.72 bits per heavy atom. The molecule has 1 aromatic rings. The lowest BCUT2D eigenvalue weighted by Crippen LogP contribution is -2.45. The van der Waals surface area contributed by atoms with Crippen LogP contribution in [0.3, 0.4) is 0 Å². The van der Waals surface area contributed by atoms with Crippen LogP contribution >= 0.6 is 11.6 Å². The minimum atomic E-state index is -0.328. The molecule has 0 unspecified atom stereocenters. The van der Waals surface area contributed by atoms with Gasteiger partial charge in [-0.3, -0.25) is 14.4 Å². The van der Waals surface area contributed by atoms with Crippen LogP contribution in [-0.4, -0.2) is 42.4 Å². The smallest absolute Gasteiger partial charge is 0.307 e. The second-order valence-corrected chi connectivity index (χ2v) is 6.42. The summed E-state index contributed by atoms with van der Waals surface area (Å²) in [6.45, 7) is 3.16. The van der Waals surface area contributed by atoms with E-state index in [1.54, 1.807) is 24.0 Å². The summed E-state index contributed by atoms with van der Waals surface area (Å²) in [6, 6.07) is 7.31. The third-order valence-corrected chi connectivity index (χ3v) is 4.34. The average Bonchev–Trinajstić information content (AvgIpc) is 2.59. The molecule has 1 heterocycles.